The lowest BCUT2D eigenvalue weighted by molar-refractivity contribution is 0.287. The fourth-order valence-corrected chi connectivity index (χ4v) is 4.90. The first kappa shape index (κ1) is 20.6. The first-order valence-electron chi connectivity index (χ1n) is 10.6. The van der Waals surface area contributed by atoms with E-state index in [1.807, 2.05) is 18.3 Å². The van der Waals surface area contributed by atoms with Crippen molar-refractivity contribution in [2.24, 2.45) is 5.92 Å². The molecule has 0 saturated carbocycles. The van der Waals surface area contributed by atoms with E-state index in [-0.39, 0.29) is 12.1 Å². The summed E-state index contributed by atoms with van der Waals surface area (Å²) in [5, 5.41) is 4.37. The molecule has 0 radical (unpaired) electrons. The van der Waals surface area contributed by atoms with E-state index in [1.165, 1.54) is 28.2 Å². The number of benzene rings is 1. The second kappa shape index (κ2) is 8.23. The lowest BCUT2D eigenvalue weighted by Gasteiger charge is -2.29. The van der Waals surface area contributed by atoms with Crippen molar-refractivity contribution in [2.45, 2.75) is 46.7 Å². The Morgan fingerprint density at radius 2 is 1.87 bits per heavy atom. The molecule has 4 nitrogen and oxygen atoms in total. The second-order valence-corrected chi connectivity index (χ2v) is 9.06. The number of hydrogen-bond acceptors (Lipinski definition) is 2. The average Bonchev–Trinajstić information content (AvgIpc) is 3.18. The van der Waals surface area contributed by atoms with E-state index in [9.17, 15) is 0 Å². The first-order valence-corrected chi connectivity index (χ1v) is 11.0. The summed E-state index contributed by atoms with van der Waals surface area (Å²) in [5.41, 5.74) is 7.28. The Labute approximate surface area is 184 Å². The van der Waals surface area contributed by atoms with Crippen LogP contribution in [0.15, 0.2) is 54.7 Å². The number of rotatable bonds is 5. The third kappa shape index (κ3) is 3.74. The Balaban J connectivity index is 1.84. The van der Waals surface area contributed by atoms with E-state index in [0.717, 1.165) is 17.4 Å². The lowest BCUT2D eigenvalue weighted by atomic mass is 9.96. The summed E-state index contributed by atoms with van der Waals surface area (Å²) in [6.45, 7) is 11.9. The van der Waals surface area contributed by atoms with Crippen molar-refractivity contribution in [3.05, 3.63) is 82.9 Å². The third-order valence-electron chi connectivity index (χ3n) is 5.81. The second-order valence-electron chi connectivity index (χ2n) is 8.67. The smallest absolute Gasteiger partial charge is 0.170 e. The number of pyridine rings is 1. The Kier molecular flexibility index (Phi) is 5.65. The van der Waals surface area contributed by atoms with Crippen LogP contribution in [0, 0.1) is 26.7 Å². The molecule has 2 atom stereocenters. The van der Waals surface area contributed by atoms with Gasteiger partial charge in [-0.2, -0.15) is 0 Å². The molecule has 5 heteroatoms. The Bertz CT molecular complexity index is 1050. The molecule has 0 unspecified atom stereocenters. The molecule has 1 aliphatic rings. The Morgan fingerprint density at radius 1 is 1.07 bits per heavy atom. The van der Waals surface area contributed by atoms with Crippen molar-refractivity contribution in [3.8, 4) is 5.69 Å². The molecule has 30 heavy (non-hydrogen) atoms. The van der Waals surface area contributed by atoms with Crippen molar-refractivity contribution in [3.63, 3.8) is 0 Å². The number of hydrogen-bond donors (Lipinski definition) is 1. The van der Waals surface area contributed by atoms with Gasteiger partial charge in [-0.15, -0.1) is 0 Å². The number of aromatic nitrogens is 2. The van der Waals surface area contributed by atoms with Gasteiger partial charge in [-0.3, -0.25) is 4.98 Å². The van der Waals surface area contributed by atoms with Gasteiger partial charge in [0.05, 0.1) is 17.8 Å². The lowest BCUT2D eigenvalue weighted by Crippen LogP contribution is -2.33. The molecule has 4 rings (SSSR count). The third-order valence-corrected chi connectivity index (χ3v) is 6.16. The van der Waals surface area contributed by atoms with Gasteiger partial charge in [-0.25, -0.2) is 0 Å². The van der Waals surface area contributed by atoms with Crippen LogP contribution in [0.5, 0.6) is 0 Å². The van der Waals surface area contributed by atoms with Gasteiger partial charge in [-0.1, -0.05) is 32.0 Å². The molecule has 0 bridgehead atoms. The normalized spacial score (nSPS) is 18.9. The van der Waals surface area contributed by atoms with E-state index in [0.29, 0.717) is 5.92 Å². The van der Waals surface area contributed by atoms with Crippen molar-refractivity contribution < 1.29 is 0 Å². The predicted octanol–water partition coefficient (Wildman–Crippen LogP) is 5.43. The van der Waals surface area contributed by atoms with E-state index in [2.05, 4.69) is 90.8 Å². The van der Waals surface area contributed by atoms with E-state index < -0.39 is 0 Å². The monoisotopic (exact) mass is 418 g/mol. The van der Waals surface area contributed by atoms with Crippen molar-refractivity contribution in [2.75, 3.05) is 6.54 Å². The topological polar surface area (TPSA) is 33.1 Å². The summed E-state index contributed by atoms with van der Waals surface area (Å²) in [5.74, 6) is 0.509. The number of aryl methyl sites for hydroxylation is 2. The van der Waals surface area contributed by atoms with Crippen LogP contribution in [-0.2, 0) is 0 Å². The van der Waals surface area contributed by atoms with Crippen LogP contribution in [0.3, 0.4) is 0 Å². The van der Waals surface area contributed by atoms with Crippen LogP contribution in [0.1, 0.15) is 54.1 Å². The fourth-order valence-electron chi connectivity index (χ4n) is 4.59. The van der Waals surface area contributed by atoms with Gasteiger partial charge < -0.3 is 14.8 Å². The molecular weight excluding hydrogens is 388 g/mol. The molecular formula is C25H30N4S. The predicted molar refractivity (Wildman–Crippen MR) is 127 cm³/mol. The summed E-state index contributed by atoms with van der Waals surface area (Å²) in [6.07, 6.45) is 1.86. The van der Waals surface area contributed by atoms with Gasteiger partial charge in [0.15, 0.2) is 5.11 Å². The highest BCUT2D eigenvalue weighted by molar-refractivity contribution is 7.80. The highest BCUT2D eigenvalue weighted by Crippen LogP contribution is 2.41. The van der Waals surface area contributed by atoms with Crippen LogP contribution in [0.2, 0.25) is 0 Å². The van der Waals surface area contributed by atoms with Crippen LogP contribution < -0.4 is 5.32 Å². The SMILES string of the molecule is Cc1cccc(-n2c(C)cc([C@@H]3[C@H](c4ccccn4)NC(=S)N3CC(C)C)c2C)c1. The quantitative estimate of drug-likeness (QED) is 0.561. The first-order chi connectivity index (χ1) is 14.4. The van der Waals surface area contributed by atoms with E-state index in [4.69, 9.17) is 12.2 Å². The summed E-state index contributed by atoms with van der Waals surface area (Å²) in [6, 6.07) is 17.2. The zero-order chi connectivity index (χ0) is 21.4. The minimum absolute atomic E-state index is 0.0314. The maximum absolute atomic E-state index is 5.79. The molecule has 1 fully saturated rings. The molecule has 0 amide bonds. The summed E-state index contributed by atoms with van der Waals surface area (Å²) >= 11 is 5.79. The fraction of sp³-hybridized carbons (Fsp3) is 0.360. The summed E-state index contributed by atoms with van der Waals surface area (Å²) < 4.78 is 2.35. The van der Waals surface area contributed by atoms with E-state index >= 15 is 0 Å². The minimum atomic E-state index is 0.0314. The number of nitrogens with one attached hydrogen (secondary N) is 1. The highest BCUT2D eigenvalue weighted by Gasteiger charge is 2.41. The number of nitrogens with zero attached hydrogens (tertiary/aromatic N) is 3. The van der Waals surface area contributed by atoms with Gasteiger partial charge in [-0.05, 0) is 80.4 Å². The van der Waals surface area contributed by atoms with Crippen molar-refractivity contribution in [1.82, 2.24) is 19.8 Å². The average molecular weight is 419 g/mol. The van der Waals surface area contributed by atoms with Crippen LogP contribution in [-0.4, -0.2) is 26.1 Å². The molecule has 1 aromatic carbocycles. The Hall–Kier alpha value is -2.66. The van der Waals surface area contributed by atoms with Gasteiger partial charge >= 0.3 is 0 Å². The molecule has 3 heterocycles. The largest absolute Gasteiger partial charge is 0.352 e. The van der Waals surface area contributed by atoms with Crippen molar-refractivity contribution >= 4 is 17.3 Å². The zero-order valence-electron chi connectivity index (χ0n) is 18.4. The molecule has 1 N–H and O–H groups in total. The van der Waals surface area contributed by atoms with Crippen LogP contribution in [0.25, 0.3) is 5.69 Å². The van der Waals surface area contributed by atoms with E-state index in [1.54, 1.807) is 0 Å². The molecule has 2 aromatic heterocycles. The van der Waals surface area contributed by atoms with Gasteiger partial charge in [0.1, 0.15) is 0 Å². The highest BCUT2D eigenvalue weighted by atomic mass is 32.1. The van der Waals surface area contributed by atoms with Crippen molar-refractivity contribution in [1.29, 1.82) is 0 Å². The molecule has 156 valence electrons. The minimum Gasteiger partial charge on any atom is -0.352 e. The Morgan fingerprint density at radius 3 is 2.53 bits per heavy atom. The van der Waals surface area contributed by atoms with Gasteiger partial charge in [0.25, 0.3) is 0 Å². The molecule has 0 aliphatic carbocycles. The molecule has 1 saturated heterocycles. The van der Waals surface area contributed by atoms with Crippen LogP contribution >= 0.6 is 12.2 Å². The van der Waals surface area contributed by atoms with Crippen LogP contribution in [0.4, 0.5) is 0 Å². The molecule has 3 aromatic rings. The standard InChI is InChI=1S/C25H30N4S/c1-16(2)15-28-24(23(27-25(28)30)22-11-6-7-12-26-22)21-14-18(4)29(19(21)5)20-10-8-9-17(3)13-20/h6-14,16,23-24H,15H2,1-5H3,(H,27,30)/t23-,24+/m0/s1. The summed E-state index contributed by atoms with van der Waals surface area (Å²) in [4.78, 5) is 7.01. The maximum atomic E-state index is 5.79. The zero-order valence-corrected chi connectivity index (χ0v) is 19.2. The maximum Gasteiger partial charge on any atom is 0.170 e. The molecule has 0 spiro atoms. The van der Waals surface area contributed by atoms with Gasteiger partial charge in [0, 0.05) is 29.8 Å². The summed E-state index contributed by atoms with van der Waals surface area (Å²) in [7, 11) is 0. The van der Waals surface area contributed by atoms with Gasteiger partial charge in [0.2, 0.25) is 0 Å². The molecule has 1 aliphatic heterocycles. The number of thiocarbonyl (C=S) groups is 1.